The highest BCUT2D eigenvalue weighted by molar-refractivity contribution is 5.23. The molecule has 0 aliphatic rings. The molecule has 0 heterocycles. The summed E-state index contributed by atoms with van der Waals surface area (Å²) in [4.78, 5) is 2.00. The molecule has 2 N–H and O–H groups in total. The van der Waals surface area contributed by atoms with Crippen molar-refractivity contribution in [2.24, 2.45) is 5.73 Å². The fourth-order valence-electron chi connectivity index (χ4n) is 1.39. The van der Waals surface area contributed by atoms with Crippen LogP contribution in [0.4, 0.5) is 4.39 Å². The molecule has 3 heteroatoms. The summed E-state index contributed by atoms with van der Waals surface area (Å²) in [5, 5.41) is 0. The first kappa shape index (κ1) is 12.1. The molecule has 1 atom stereocenters. The van der Waals surface area contributed by atoms with Crippen LogP contribution in [0, 0.1) is 5.82 Å². The van der Waals surface area contributed by atoms with Gasteiger partial charge in [-0.2, -0.15) is 0 Å². The van der Waals surface area contributed by atoms with Gasteiger partial charge in [0, 0.05) is 11.1 Å². The second-order valence-corrected chi connectivity index (χ2v) is 4.55. The molecule has 0 bridgehead atoms. The summed E-state index contributed by atoms with van der Waals surface area (Å²) < 4.78 is 13.5. The smallest absolute Gasteiger partial charge is 0.128 e. The molecule has 0 aliphatic heterocycles. The first-order valence-electron chi connectivity index (χ1n) is 5.05. The Labute approximate surface area is 90.9 Å². The number of likely N-dealkylation sites (N-methyl/N-ethyl adjacent to an activating group) is 1. The molecule has 2 nitrogen and oxygen atoms in total. The maximum Gasteiger partial charge on any atom is 0.128 e. The van der Waals surface area contributed by atoms with Gasteiger partial charge in [-0.3, -0.25) is 0 Å². The fourth-order valence-corrected chi connectivity index (χ4v) is 1.39. The summed E-state index contributed by atoms with van der Waals surface area (Å²) >= 11 is 0. The number of rotatable bonds is 3. The molecule has 0 saturated heterocycles. The number of benzene rings is 1. The molecule has 0 saturated carbocycles. The molecule has 1 aromatic rings. The highest BCUT2D eigenvalue weighted by atomic mass is 19.1. The van der Waals surface area contributed by atoms with Gasteiger partial charge >= 0.3 is 0 Å². The third-order valence-corrected chi connectivity index (χ3v) is 3.15. The van der Waals surface area contributed by atoms with Crippen LogP contribution in [0.3, 0.4) is 0 Å². The Balaban J connectivity index is 3.04. The van der Waals surface area contributed by atoms with Gasteiger partial charge in [0.05, 0.1) is 6.04 Å². The van der Waals surface area contributed by atoms with Gasteiger partial charge in [0.1, 0.15) is 5.82 Å². The molecule has 0 aliphatic carbocycles. The zero-order chi connectivity index (χ0) is 11.6. The molecular formula is C12H19FN2. The van der Waals surface area contributed by atoms with Crippen LogP contribution >= 0.6 is 0 Å². The van der Waals surface area contributed by atoms with Crippen LogP contribution in [0.2, 0.25) is 0 Å². The largest absolute Gasteiger partial charge is 0.322 e. The van der Waals surface area contributed by atoms with Crippen molar-refractivity contribution in [3.8, 4) is 0 Å². The van der Waals surface area contributed by atoms with E-state index < -0.39 is 0 Å². The van der Waals surface area contributed by atoms with Crippen LogP contribution in [0.25, 0.3) is 0 Å². The van der Waals surface area contributed by atoms with E-state index in [2.05, 4.69) is 0 Å². The average molecular weight is 210 g/mol. The second-order valence-electron chi connectivity index (χ2n) is 4.55. The fraction of sp³-hybridized carbons (Fsp3) is 0.500. The number of hydrogen-bond donors (Lipinski definition) is 1. The van der Waals surface area contributed by atoms with Gasteiger partial charge < -0.3 is 10.6 Å². The summed E-state index contributed by atoms with van der Waals surface area (Å²) in [7, 11) is 3.89. The van der Waals surface area contributed by atoms with Crippen LogP contribution in [0.15, 0.2) is 24.3 Å². The lowest BCUT2D eigenvalue weighted by atomic mass is 9.88. The zero-order valence-electron chi connectivity index (χ0n) is 9.79. The lowest BCUT2D eigenvalue weighted by molar-refractivity contribution is 0.157. The van der Waals surface area contributed by atoms with Crippen molar-refractivity contribution in [2.45, 2.75) is 25.4 Å². The number of nitrogens with zero attached hydrogens (tertiary/aromatic N) is 1. The number of nitrogens with two attached hydrogens (primary N) is 1. The third kappa shape index (κ3) is 2.36. The van der Waals surface area contributed by atoms with Crippen LogP contribution in [0.1, 0.15) is 25.5 Å². The van der Waals surface area contributed by atoms with E-state index in [1.807, 2.05) is 38.9 Å². The third-order valence-electron chi connectivity index (χ3n) is 3.15. The Morgan fingerprint density at radius 3 is 2.27 bits per heavy atom. The first-order chi connectivity index (χ1) is 6.87. The summed E-state index contributed by atoms with van der Waals surface area (Å²) in [5.41, 5.74) is 6.38. The first-order valence-corrected chi connectivity index (χ1v) is 5.05. The topological polar surface area (TPSA) is 29.3 Å². The van der Waals surface area contributed by atoms with Crippen molar-refractivity contribution in [2.75, 3.05) is 14.1 Å². The minimum atomic E-state index is -0.339. The highest BCUT2D eigenvalue weighted by Gasteiger charge is 2.31. The average Bonchev–Trinajstić information content (AvgIpc) is 2.17. The van der Waals surface area contributed by atoms with Crippen molar-refractivity contribution in [1.29, 1.82) is 0 Å². The molecule has 15 heavy (non-hydrogen) atoms. The second kappa shape index (κ2) is 4.29. The van der Waals surface area contributed by atoms with Gasteiger partial charge in [0.2, 0.25) is 0 Å². The Morgan fingerprint density at radius 1 is 1.27 bits per heavy atom. The minimum Gasteiger partial charge on any atom is -0.322 e. The van der Waals surface area contributed by atoms with E-state index in [1.165, 1.54) is 6.07 Å². The standard InChI is InChI=1S/C12H19FN2/c1-12(2,15(3)4)11(14)9-7-5-6-8-10(9)13/h5-8,11H,14H2,1-4H3. The lowest BCUT2D eigenvalue weighted by Gasteiger charge is -2.38. The Hall–Kier alpha value is -0.930. The van der Waals surface area contributed by atoms with Crippen LogP contribution in [0.5, 0.6) is 0 Å². The van der Waals surface area contributed by atoms with Gasteiger partial charge in [0.25, 0.3) is 0 Å². The molecule has 0 radical (unpaired) electrons. The van der Waals surface area contributed by atoms with Gasteiger partial charge in [-0.25, -0.2) is 4.39 Å². The number of halogens is 1. The summed E-state index contributed by atoms with van der Waals surface area (Å²) in [6.45, 7) is 4.01. The molecule has 0 aromatic heterocycles. The highest BCUT2D eigenvalue weighted by Crippen LogP contribution is 2.28. The van der Waals surface area contributed by atoms with E-state index in [0.29, 0.717) is 5.56 Å². The maximum atomic E-state index is 13.5. The van der Waals surface area contributed by atoms with Gasteiger partial charge in [-0.15, -0.1) is 0 Å². The van der Waals surface area contributed by atoms with Crippen LogP contribution in [-0.2, 0) is 0 Å². The molecule has 0 spiro atoms. The van der Waals surface area contributed by atoms with E-state index in [-0.39, 0.29) is 17.4 Å². The van der Waals surface area contributed by atoms with E-state index in [1.54, 1.807) is 12.1 Å². The molecule has 1 unspecified atom stereocenters. The summed E-state index contributed by atoms with van der Waals surface area (Å²) in [6, 6.07) is 6.33. The SMILES string of the molecule is CN(C)C(C)(C)C(N)c1ccccc1F. The lowest BCUT2D eigenvalue weighted by Crippen LogP contribution is -2.47. The monoisotopic (exact) mass is 210 g/mol. The minimum absolute atomic E-state index is 0.236. The molecule has 0 fully saturated rings. The van der Waals surface area contributed by atoms with Gasteiger partial charge in [0.15, 0.2) is 0 Å². The molecule has 84 valence electrons. The van der Waals surface area contributed by atoms with Crippen LogP contribution < -0.4 is 5.73 Å². The molecular weight excluding hydrogens is 191 g/mol. The number of hydrogen-bond acceptors (Lipinski definition) is 2. The van der Waals surface area contributed by atoms with Crippen molar-refractivity contribution in [1.82, 2.24) is 4.90 Å². The van der Waals surface area contributed by atoms with E-state index in [0.717, 1.165) is 0 Å². The Morgan fingerprint density at radius 2 is 1.80 bits per heavy atom. The predicted molar refractivity (Wildman–Crippen MR) is 61.1 cm³/mol. The van der Waals surface area contributed by atoms with Gasteiger partial charge in [-0.05, 0) is 34.0 Å². The Bertz CT molecular complexity index is 334. The van der Waals surface area contributed by atoms with E-state index in [4.69, 9.17) is 5.73 Å². The molecule has 1 rings (SSSR count). The molecule has 1 aromatic carbocycles. The molecule has 0 amide bonds. The van der Waals surface area contributed by atoms with Crippen molar-refractivity contribution < 1.29 is 4.39 Å². The predicted octanol–water partition coefficient (Wildman–Crippen LogP) is 2.17. The normalized spacial score (nSPS) is 14.3. The van der Waals surface area contributed by atoms with Crippen LogP contribution in [-0.4, -0.2) is 24.5 Å². The Kier molecular flexibility index (Phi) is 3.47. The van der Waals surface area contributed by atoms with Gasteiger partial charge in [-0.1, -0.05) is 18.2 Å². The zero-order valence-corrected chi connectivity index (χ0v) is 9.79. The van der Waals surface area contributed by atoms with Crippen molar-refractivity contribution >= 4 is 0 Å². The van der Waals surface area contributed by atoms with Crippen molar-refractivity contribution in [3.63, 3.8) is 0 Å². The summed E-state index contributed by atoms with van der Waals surface area (Å²) in [6.07, 6.45) is 0. The maximum absolute atomic E-state index is 13.5. The quantitative estimate of drug-likeness (QED) is 0.828. The van der Waals surface area contributed by atoms with E-state index >= 15 is 0 Å². The van der Waals surface area contributed by atoms with Crippen molar-refractivity contribution in [3.05, 3.63) is 35.6 Å². The van der Waals surface area contributed by atoms with E-state index in [9.17, 15) is 4.39 Å². The summed E-state index contributed by atoms with van der Waals surface area (Å²) in [5.74, 6) is -0.236.